The Bertz CT molecular complexity index is 474. The first kappa shape index (κ1) is 11.4. The molecule has 0 saturated heterocycles. The van der Waals surface area contributed by atoms with Gasteiger partial charge in [-0.3, -0.25) is 4.79 Å². The number of carbonyl (C=O) groups is 1. The third kappa shape index (κ3) is 1.82. The van der Waals surface area contributed by atoms with Crippen LogP contribution < -0.4 is 0 Å². The molecule has 1 aromatic heterocycles. The van der Waals surface area contributed by atoms with Gasteiger partial charge in [-0.15, -0.1) is 6.58 Å². The fraction of sp³-hybridized carbons (Fsp3) is 0.231. The molecule has 0 spiro atoms. The van der Waals surface area contributed by atoms with E-state index in [0.717, 1.165) is 0 Å². The zero-order valence-electron chi connectivity index (χ0n) is 9.34. The van der Waals surface area contributed by atoms with E-state index < -0.39 is 11.4 Å². The molecule has 0 aromatic carbocycles. The van der Waals surface area contributed by atoms with Gasteiger partial charge in [-0.25, -0.2) is 4.98 Å². The maximum absolute atomic E-state index is 11.6. The molecule has 0 amide bonds. The molecule has 1 aromatic rings. The Morgan fingerprint density at radius 3 is 2.94 bits per heavy atom. The summed E-state index contributed by atoms with van der Waals surface area (Å²) in [6, 6.07) is 0. The minimum Gasteiger partial charge on any atom is -0.481 e. The maximum Gasteiger partial charge on any atom is 0.314 e. The predicted octanol–water partition coefficient (Wildman–Crippen LogP) is 2.27. The topological polar surface area (TPSA) is 66.0 Å². The highest BCUT2D eigenvalue weighted by Crippen LogP contribution is 2.42. The van der Waals surface area contributed by atoms with Gasteiger partial charge < -0.3 is 10.1 Å². The van der Waals surface area contributed by atoms with Crippen LogP contribution in [0.3, 0.4) is 0 Å². The van der Waals surface area contributed by atoms with Crippen molar-refractivity contribution in [3.05, 3.63) is 55.2 Å². The maximum atomic E-state index is 11.6. The van der Waals surface area contributed by atoms with E-state index in [0.29, 0.717) is 12.1 Å². The molecule has 2 rings (SSSR count). The lowest BCUT2D eigenvalue weighted by molar-refractivity contribution is -0.146. The molecule has 1 aliphatic carbocycles. The Balaban J connectivity index is 2.45. The van der Waals surface area contributed by atoms with Crippen LogP contribution in [0.4, 0.5) is 0 Å². The number of nitrogens with one attached hydrogen (secondary N) is 1. The van der Waals surface area contributed by atoms with E-state index in [-0.39, 0.29) is 5.92 Å². The lowest BCUT2D eigenvalue weighted by Crippen LogP contribution is -2.35. The monoisotopic (exact) mass is 230 g/mol. The number of carboxylic acid groups (broad SMARTS) is 1. The second-order valence-corrected chi connectivity index (χ2v) is 4.04. The molecule has 1 aliphatic rings. The second-order valence-electron chi connectivity index (χ2n) is 4.04. The first-order valence-corrected chi connectivity index (χ1v) is 5.39. The van der Waals surface area contributed by atoms with Gasteiger partial charge >= 0.3 is 5.97 Å². The number of nitrogens with zero attached hydrogens (tertiary/aromatic N) is 1. The minimum absolute atomic E-state index is 0.340. The van der Waals surface area contributed by atoms with Crippen molar-refractivity contribution in [1.29, 1.82) is 0 Å². The number of aromatic amines is 1. The highest BCUT2D eigenvalue weighted by molar-refractivity contribution is 5.80. The van der Waals surface area contributed by atoms with E-state index in [4.69, 9.17) is 0 Å². The van der Waals surface area contributed by atoms with E-state index in [1.165, 1.54) is 0 Å². The van der Waals surface area contributed by atoms with E-state index in [2.05, 4.69) is 16.5 Å². The fourth-order valence-corrected chi connectivity index (χ4v) is 2.20. The predicted molar refractivity (Wildman–Crippen MR) is 64.5 cm³/mol. The molecule has 4 heteroatoms. The highest BCUT2D eigenvalue weighted by Gasteiger charge is 2.43. The van der Waals surface area contributed by atoms with Crippen molar-refractivity contribution in [2.75, 3.05) is 0 Å². The number of hydrogen-bond donors (Lipinski definition) is 2. The summed E-state index contributed by atoms with van der Waals surface area (Å²) in [5.74, 6) is -1.20. The summed E-state index contributed by atoms with van der Waals surface area (Å²) in [5, 5.41) is 9.52. The van der Waals surface area contributed by atoms with Crippen LogP contribution >= 0.6 is 0 Å². The quantitative estimate of drug-likeness (QED) is 0.780. The van der Waals surface area contributed by atoms with Crippen LogP contribution in [0.2, 0.25) is 0 Å². The number of carboxylic acids is 1. The fourth-order valence-electron chi connectivity index (χ4n) is 2.20. The van der Waals surface area contributed by atoms with Crippen molar-refractivity contribution in [3.63, 3.8) is 0 Å². The lowest BCUT2D eigenvalue weighted by Gasteiger charge is -2.32. The largest absolute Gasteiger partial charge is 0.481 e. The zero-order valence-corrected chi connectivity index (χ0v) is 9.34. The summed E-state index contributed by atoms with van der Waals surface area (Å²) < 4.78 is 0. The summed E-state index contributed by atoms with van der Waals surface area (Å²) in [6.45, 7) is 3.74. The summed E-state index contributed by atoms with van der Waals surface area (Å²) in [5.41, 5.74) is -0.284. The van der Waals surface area contributed by atoms with Gasteiger partial charge in [0.15, 0.2) is 0 Å². The number of H-pyrrole nitrogens is 1. The van der Waals surface area contributed by atoms with Crippen molar-refractivity contribution < 1.29 is 9.90 Å². The summed E-state index contributed by atoms with van der Waals surface area (Å²) in [7, 11) is 0. The van der Waals surface area contributed by atoms with Gasteiger partial charge in [0.25, 0.3) is 0 Å². The number of aliphatic carboxylic acids is 1. The van der Waals surface area contributed by atoms with Gasteiger partial charge in [0, 0.05) is 12.1 Å². The van der Waals surface area contributed by atoms with Crippen LogP contribution in [0.15, 0.2) is 49.5 Å². The molecule has 17 heavy (non-hydrogen) atoms. The minimum atomic E-state index is -0.980. The number of allylic oxidation sites excluding steroid dienone is 4. The van der Waals surface area contributed by atoms with E-state index in [1.807, 2.05) is 12.2 Å². The Morgan fingerprint density at radius 2 is 2.47 bits per heavy atom. The zero-order chi connectivity index (χ0) is 12.3. The molecular formula is C13H14N2O2. The van der Waals surface area contributed by atoms with Crippen molar-refractivity contribution in [2.45, 2.75) is 12.3 Å². The molecule has 1 heterocycles. The van der Waals surface area contributed by atoms with Gasteiger partial charge in [0.1, 0.15) is 5.41 Å². The Hall–Kier alpha value is -2.10. The van der Waals surface area contributed by atoms with Crippen molar-refractivity contribution in [3.8, 4) is 0 Å². The van der Waals surface area contributed by atoms with Gasteiger partial charge in [0.2, 0.25) is 0 Å². The van der Waals surface area contributed by atoms with Crippen molar-refractivity contribution in [2.24, 2.45) is 5.41 Å². The van der Waals surface area contributed by atoms with Crippen LogP contribution in [-0.4, -0.2) is 21.0 Å². The van der Waals surface area contributed by atoms with Crippen LogP contribution in [0.5, 0.6) is 0 Å². The number of hydrogen-bond acceptors (Lipinski definition) is 2. The lowest BCUT2D eigenvalue weighted by atomic mass is 9.70. The van der Waals surface area contributed by atoms with Crippen molar-refractivity contribution >= 4 is 5.97 Å². The van der Waals surface area contributed by atoms with E-state index >= 15 is 0 Å². The van der Waals surface area contributed by atoms with Crippen LogP contribution in [0, 0.1) is 5.41 Å². The molecule has 2 unspecified atom stereocenters. The Morgan fingerprint density at radius 1 is 1.65 bits per heavy atom. The first-order chi connectivity index (χ1) is 8.20. The molecule has 2 N–H and O–H groups in total. The van der Waals surface area contributed by atoms with Crippen LogP contribution in [0.25, 0.3) is 0 Å². The molecule has 0 saturated carbocycles. The summed E-state index contributed by atoms with van der Waals surface area (Å²) in [6.07, 6.45) is 12.5. The average molecular weight is 230 g/mol. The molecule has 0 aliphatic heterocycles. The summed E-state index contributed by atoms with van der Waals surface area (Å²) >= 11 is 0. The molecule has 2 atom stereocenters. The van der Waals surface area contributed by atoms with Crippen LogP contribution in [0.1, 0.15) is 18.0 Å². The van der Waals surface area contributed by atoms with Gasteiger partial charge in [-0.1, -0.05) is 30.4 Å². The third-order valence-corrected chi connectivity index (χ3v) is 3.12. The second kappa shape index (κ2) is 4.41. The third-order valence-electron chi connectivity index (χ3n) is 3.12. The molecule has 0 bridgehead atoms. The molecule has 4 nitrogen and oxygen atoms in total. The smallest absolute Gasteiger partial charge is 0.314 e. The van der Waals surface area contributed by atoms with Crippen molar-refractivity contribution in [1.82, 2.24) is 9.97 Å². The average Bonchev–Trinajstić information content (AvgIpc) is 2.84. The Kier molecular flexibility index (Phi) is 2.95. The number of rotatable bonds is 4. The SMILES string of the molecule is C=CC(c1c[nH]cn1)C1(C(=O)O)C=CC=CC1. The number of aromatic nitrogens is 2. The molecule has 0 radical (unpaired) electrons. The summed E-state index contributed by atoms with van der Waals surface area (Å²) in [4.78, 5) is 18.6. The van der Waals surface area contributed by atoms with Crippen LogP contribution in [-0.2, 0) is 4.79 Å². The highest BCUT2D eigenvalue weighted by atomic mass is 16.4. The number of imidazole rings is 1. The van der Waals surface area contributed by atoms with Gasteiger partial charge in [0.05, 0.1) is 12.0 Å². The van der Waals surface area contributed by atoms with Gasteiger partial charge in [-0.2, -0.15) is 0 Å². The molecule has 0 fully saturated rings. The van der Waals surface area contributed by atoms with Gasteiger partial charge in [-0.05, 0) is 6.42 Å². The Labute approximate surface area is 99.4 Å². The standard InChI is InChI=1S/C13H14N2O2/c1-2-10(11-8-14-9-15-11)13(12(16)17)6-4-3-5-7-13/h2-6,8-10H,1,7H2,(H,14,15)(H,16,17). The van der Waals surface area contributed by atoms with E-state index in [9.17, 15) is 9.90 Å². The normalized spacial score (nSPS) is 24.5. The molecular weight excluding hydrogens is 216 g/mol. The first-order valence-electron chi connectivity index (χ1n) is 5.39. The molecule has 88 valence electrons. The van der Waals surface area contributed by atoms with E-state index in [1.54, 1.807) is 30.8 Å².